The Morgan fingerprint density at radius 1 is 0.786 bits per heavy atom. The highest BCUT2D eigenvalue weighted by Gasteiger charge is 2.03. The summed E-state index contributed by atoms with van der Waals surface area (Å²) in [4.78, 5) is 24.1. The molecule has 2 N–H and O–H groups in total. The minimum absolute atomic E-state index is 0.0686. The first-order chi connectivity index (χ1) is 13.5. The lowest BCUT2D eigenvalue weighted by Crippen LogP contribution is -2.19. The number of hydrogen-bond donors (Lipinski definition) is 2. The number of halogens is 1. The molecule has 4 nitrogen and oxygen atoms in total. The Hall–Kier alpha value is -3.73. The van der Waals surface area contributed by atoms with Gasteiger partial charge in [-0.1, -0.05) is 48.0 Å². The van der Waals surface area contributed by atoms with E-state index in [0.717, 1.165) is 11.1 Å². The van der Waals surface area contributed by atoms with Crippen molar-refractivity contribution in [1.82, 2.24) is 0 Å². The molecule has 2 amide bonds. The van der Waals surface area contributed by atoms with Crippen molar-refractivity contribution in [3.05, 3.63) is 101 Å². The summed E-state index contributed by atoms with van der Waals surface area (Å²) in [6.07, 6.45) is 3.25. The molecule has 140 valence electrons. The molecule has 0 aliphatic carbocycles. The average Bonchev–Trinajstić information content (AvgIpc) is 2.69. The van der Waals surface area contributed by atoms with Crippen molar-refractivity contribution in [3.63, 3.8) is 0 Å². The Labute approximate surface area is 162 Å². The number of rotatable bonds is 5. The van der Waals surface area contributed by atoms with E-state index >= 15 is 0 Å². The number of nitrogens with one attached hydrogen (secondary N) is 2. The normalized spacial score (nSPS) is 10.6. The van der Waals surface area contributed by atoms with Crippen molar-refractivity contribution in [2.24, 2.45) is 0 Å². The summed E-state index contributed by atoms with van der Waals surface area (Å²) >= 11 is 0. The standard InChI is InChI=1S/C23H19FN2O2/c1-16-2-7-18(8-3-16)22(27)15-6-17-4-11-20(12-5-17)25-23(28)26-21-13-9-19(24)10-14-21/h2-15H,1H3,(H2,25,26,28)/b15-6+. The van der Waals surface area contributed by atoms with Crippen molar-refractivity contribution >= 4 is 29.3 Å². The Kier molecular flexibility index (Phi) is 5.97. The molecule has 0 aliphatic rings. The van der Waals surface area contributed by atoms with Gasteiger partial charge in [0.2, 0.25) is 0 Å². The predicted molar refractivity (Wildman–Crippen MR) is 110 cm³/mol. The lowest BCUT2D eigenvalue weighted by molar-refractivity contribution is 0.104. The van der Waals surface area contributed by atoms with Crippen molar-refractivity contribution < 1.29 is 14.0 Å². The first kappa shape index (κ1) is 19.0. The van der Waals surface area contributed by atoms with Crippen LogP contribution in [0, 0.1) is 12.7 Å². The second-order valence-corrected chi connectivity index (χ2v) is 6.27. The van der Waals surface area contributed by atoms with Crippen LogP contribution in [0.5, 0.6) is 0 Å². The van der Waals surface area contributed by atoms with E-state index in [-0.39, 0.29) is 11.6 Å². The van der Waals surface area contributed by atoms with Crippen LogP contribution in [-0.2, 0) is 0 Å². The van der Waals surface area contributed by atoms with Crippen molar-refractivity contribution in [2.75, 3.05) is 10.6 Å². The number of ketones is 1. The molecule has 5 heteroatoms. The summed E-state index contributed by atoms with van der Waals surface area (Å²) in [5, 5.41) is 5.31. The van der Waals surface area contributed by atoms with Gasteiger partial charge in [-0.2, -0.15) is 0 Å². The minimum Gasteiger partial charge on any atom is -0.308 e. The summed E-state index contributed by atoms with van der Waals surface area (Å²) < 4.78 is 12.9. The largest absolute Gasteiger partial charge is 0.323 e. The smallest absolute Gasteiger partial charge is 0.308 e. The highest BCUT2D eigenvalue weighted by molar-refractivity contribution is 6.06. The van der Waals surface area contributed by atoms with E-state index in [9.17, 15) is 14.0 Å². The molecule has 0 saturated heterocycles. The van der Waals surface area contributed by atoms with Gasteiger partial charge in [-0.25, -0.2) is 9.18 Å². The zero-order valence-electron chi connectivity index (χ0n) is 15.3. The highest BCUT2D eigenvalue weighted by Crippen LogP contribution is 2.13. The maximum atomic E-state index is 12.9. The number of hydrogen-bond acceptors (Lipinski definition) is 2. The molecule has 0 bridgehead atoms. The molecule has 0 fully saturated rings. The molecule has 0 saturated carbocycles. The van der Waals surface area contributed by atoms with Gasteiger partial charge in [0.05, 0.1) is 0 Å². The Balaban J connectivity index is 1.56. The highest BCUT2D eigenvalue weighted by atomic mass is 19.1. The van der Waals surface area contributed by atoms with Crippen LogP contribution in [0.4, 0.5) is 20.6 Å². The van der Waals surface area contributed by atoms with Gasteiger partial charge in [0.15, 0.2) is 5.78 Å². The summed E-state index contributed by atoms with van der Waals surface area (Å²) in [6, 6.07) is 19.6. The first-order valence-corrected chi connectivity index (χ1v) is 8.72. The number of aryl methyl sites for hydroxylation is 1. The fourth-order valence-corrected chi connectivity index (χ4v) is 2.49. The molecule has 28 heavy (non-hydrogen) atoms. The van der Waals surface area contributed by atoms with Crippen molar-refractivity contribution in [3.8, 4) is 0 Å². The number of benzene rings is 3. The van der Waals surface area contributed by atoms with Gasteiger partial charge in [0.1, 0.15) is 5.82 Å². The molecule has 0 atom stereocenters. The molecule has 0 unspecified atom stereocenters. The molecule has 0 heterocycles. The van der Waals surface area contributed by atoms with Gasteiger partial charge >= 0.3 is 6.03 Å². The zero-order valence-corrected chi connectivity index (χ0v) is 15.3. The molecule has 0 radical (unpaired) electrons. The third kappa shape index (κ3) is 5.38. The summed E-state index contributed by atoms with van der Waals surface area (Å²) in [5.74, 6) is -0.434. The van der Waals surface area contributed by atoms with E-state index in [0.29, 0.717) is 16.9 Å². The van der Waals surface area contributed by atoms with Crippen LogP contribution in [-0.4, -0.2) is 11.8 Å². The molecular formula is C23H19FN2O2. The van der Waals surface area contributed by atoms with Crippen LogP contribution < -0.4 is 10.6 Å². The van der Waals surface area contributed by atoms with Gasteiger partial charge < -0.3 is 10.6 Å². The number of carbonyl (C=O) groups excluding carboxylic acids is 2. The van der Waals surface area contributed by atoms with E-state index < -0.39 is 6.03 Å². The summed E-state index contributed by atoms with van der Waals surface area (Å²) in [5.41, 5.74) is 3.67. The molecule has 3 aromatic rings. The van der Waals surface area contributed by atoms with Gasteiger partial charge in [0, 0.05) is 16.9 Å². The fourth-order valence-electron chi connectivity index (χ4n) is 2.49. The Bertz CT molecular complexity index is 992. The summed E-state index contributed by atoms with van der Waals surface area (Å²) in [6.45, 7) is 1.97. The first-order valence-electron chi connectivity index (χ1n) is 8.72. The molecule has 3 rings (SSSR count). The lowest BCUT2D eigenvalue weighted by atomic mass is 10.1. The number of carbonyl (C=O) groups is 2. The Morgan fingerprint density at radius 2 is 1.32 bits per heavy atom. The second kappa shape index (κ2) is 8.77. The minimum atomic E-state index is -0.426. The lowest BCUT2D eigenvalue weighted by Gasteiger charge is -2.07. The van der Waals surface area contributed by atoms with E-state index in [1.165, 1.54) is 30.3 Å². The van der Waals surface area contributed by atoms with Crippen molar-refractivity contribution in [1.29, 1.82) is 0 Å². The molecule has 0 aliphatic heterocycles. The zero-order chi connectivity index (χ0) is 19.9. The topological polar surface area (TPSA) is 58.2 Å². The van der Waals surface area contributed by atoms with Gasteiger partial charge in [-0.15, -0.1) is 0 Å². The van der Waals surface area contributed by atoms with Crippen molar-refractivity contribution in [2.45, 2.75) is 6.92 Å². The SMILES string of the molecule is Cc1ccc(C(=O)/C=C/c2ccc(NC(=O)Nc3ccc(F)cc3)cc2)cc1. The van der Waals surface area contributed by atoms with Crippen LogP contribution in [0.3, 0.4) is 0 Å². The number of urea groups is 1. The van der Waals surface area contributed by atoms with Crippen LogP contribution in [0.25, 0.3) is 6.08 Å². The maximum absolute atomic E-state index is 12.9. The molecule has 0 aromatic heterocycles. The van der Waals surface area contributed by atoms with Gasteiger partial charge in [0.25, 0.3) is 0 Å². The molecular weight excluding hydrogens is 355 g/mol. The predicted octanol–water partition coefficient (Wildman–Crippen LogP) is 5.67. The average molecular weight is 374 g/mol. The van der Waals surface area contributed by atoms with E-state index in [1.54, 1.807) is 42.5 Å². The second-order valence-electron chi connectivity index (χ2n) is 6.27. The maximum Gasteiger partial charge on any atom is 0.323 e. The van der Waals surface area contributed by atoms with Crippen LogP contribution >= 0.6 is 0 Å². The monoisotopic (exact) mass is 374 g/mol. The van der Waals surface area contributed by atoms with Crippen LogP contribution in [0.1, 0.15) is 21.5 Å². The summed E-state index contributed by atoms with van der Waals surface area (Å²) in [7, 11) is 0. The van der Waals surface area contributed by atoms with Crippen LogP contribution in [0.2, 0.25) is 0 Å². The van der Waals surface area contributed by atoms with Gasteiger partial charge in [-0.3, -0.25) is 4.79 Å². The third-order valence-corrected chi connectivity index (χ3v) is 4.03. The molecule has 3 aromatic carbocycles. The van der Waals surface area contributed by atoms with E-state index in [4.69, 9.17) is 0 Å². The van der Waals surface area contributed by atoms with E-state index in [2.05, 4.69) is 10.6 Å². The number of allylic oxidation sites excluding steroid dienone is 1. The fraction of sp³-hybridized carbons (Fsp3) is 0.0435. The Morgan fingerprint density at radius 3 is 1.89 bits per heavy atom. The van der Waals surface area contributed by atoms with Crippen LogP contribution in [0.15, 0.2) is 78.9 Å². The van der Waals surface area contributed by atoms with Gasteiger partial charge in [-0.05, 0) is 55.0 Å². The third-order valence-electron chi connectivity index (χ3n) is 4.03. The van der Waals surface area contributed by atoms with E-state index in [1.807, 2.05) is 19.1 Å². The quantitative estimate of drug-likeness (QED) is 0.446. The number of anilines is 2. The molecule has 0 spiro atoms. The number of amides is 2.